The number of hydrogen-bond acceptors (Lipinski definition) is 3. The molecule has 0 bridgehead atoms. The molecule has 3 heteroatoms. The van der Waals surface area contributed by atoms with Crippen LogP contribution >= 0.6 is 0 Å². The van der Waals surface area contributed by atoms with E-state index in [1.54, 1.807) is 0 Å². The van der Waals surface area contributed by atoms with E-state index in [2.05, 4.69) is 28.4 Å². The molecule has 0 radical (unpaired) electrons. The van der Waals surface area contributed by atoms with Crippen LogP contribution in [-0.4, -0.2) is 26.7 Å². The summed E-state index contributed by atoms with van der Waals surface area (Å²) in [6.07, 6.45) is 5.41. The second kappa shape index (κ2) is 6.80. The smallest absolute Gasteiger partial charge is 0.142 e. The number of nitrogens with one attached hydrogen (secondary N) is 1. The quantitative estimate of drug-likeness (QED) is 0.852. The predicted molar refractivity (Wildman–Crippen MR) is 81.0 cm³/mol. The Morgan fingerprint density at radius 1 is 1.26 bits per heavy atom. The highest BCUT2D eigenvalue weighted by molar-refractivity contribution is 5.58. The number of ether oxygens (including phenoxy) is 1. The fourth-order valence-corrected chi connectivity index (χ4v) is 2.70. The lowest BCUT2D eigenvalue weighted by molar-refractivity contribution is 0.340. The molecule has 0 spiro atoms. The van der Waals surface area contributed by atoms with Gasteiger partial charge in [0.25, 0.3) is 0 Å². The van der Waals surface area contributed by atoms with Crippen LogP contribution in [-0.2, 0) is 6.54 Å². The minimum absolute atomic E-state index is 0.709. The van der Waals surface area contributed by atoms with Crippen molar-refractivity contribution in [3.8, 4) is 5.75 Å². The van der Waals surface area contributed by atoms with Crippen molar-refractivity contribution < 1.29 is 4.74 Å². The van der Waals surface area contributed by atoms with Gasteiger partial charge >= 0.3 is 0 Å². The summed E-state index contributed by atoms with van der Waals surface area (Å²) in [5, 5.41) is 3.65. The third-order valence-electron chi connectivity index (χ3n) is 3.76. The summed E-state index contributed by atoms with van der Waals surface area (Å²) >= 11 is 0. The number of rotatable bonds is 6. The van der Waals surface area contributed by atoms with E-state index in [9.17, 15) is 0 Å². The van der Waals surface area contributed by atoms with Gasteiger partial charge in [-0.15, -0.1) is 0 Å². The topological polar surface area (TPSA) is 24.5 Å². The largest absolute Gasteiger partial charge is 0.492 e. The van der Waals surface area contributed by atoms with Crippen LogP contribution in [0.5, 0.6) is 5.75 Å². The van der Waals surface area contributed by atoms with Crippen molar-refractivity contribution in [2.45, 2.75) is 45.2 Å². The van der Waals surface area contributed by atoms with Crippen LogP contribution in [0.25, 0.3) is 0 Å². The van der Waals surface area contributed by atoms with Crippen LogP contribution in [0.1, 0.15) is 38.2 Å². The Balaban J connectivity index is 2.02. The van der Waals surface area contributed by atoms with Gasteiger partial charge in [0.05, 0.1) is 12.3 Å². The fourth-order valence-electron chi connectivity index (χ4n) is 2.70. The van der Waals surface area contributed by atoms with E-state index in [-0.39, 0.29) is 0 Å². The molecule has 19 heavy (non-hydrogen) atoms. The van der Waals surface area contributed by atoms with Gasteiger partial charge in [-0.25, -0.2) is 0 Å². The zero-order valence-electron chi connectivity index (χ0n) is 12.4. The summed E-state index contributed by atoms with van der Waals surface area (Å²) in [7, 11) is 4.10. The van der Waals surface area contributed by atoms with Crippen molar-refractivity contribution in [1.29, 1.82) is 0 Å². The minimum Gasteiger partial charge on any atom is -0.492 e. The molecule has 2 rings (SSSR count). The van der Waals surface area contributed by atoms with Gasteiger partial charge in [-0.1, -0.05) is 18.9 Å². The molecule has 0 unspecified atom stereocenters. The van der Waals surface area contributed by atoms with Gasteiger partial charge in [0.1, 0.15) is 5.75 Å². The highest BCUT2D eigenvalue weighted by Gasteiger charge is 2.14. The maximum Gasteiger partial charge on any atom is 0.142 e. The van der Waals surface area contributed by atoms with Gasteiger partial charge < -0.3 is 15.0 Å². The molecule has 1 fully saturated rings. The third kappa shape index (κ3) is 3.87. The molecule has 0 aliphatic heterocycles. The highest BCUT2D eigenvalue weighted by Crippen LogP contribution is 2.28. The van der Waals surface area contributed by atoms with Gasteiger partial charge in [-0.2, -0.15) is 0 Å². The van der Waals surface area contributed by atoms with Crippen LogP contribution < -0.4 is 15.0 Å². The summed E-state index contributed by atoms with van der Waals surface area (Å²) in [6.45, 7) is 3.68. The monoisotopic (exact) mass is 262 g/mol. The zero-order valence-corrected chi connectivity index (χ0v) is 12.4. The zero-order chi connectivity index (χ0) is 13.7. The van der Waals surface area contributed by atoms with Crippen molar-refractivity contribution in [3.05, 3.63) is 23.8 Å². The Labute approximate surface area is 116 Å². The first-order valence-electron chi connectivity index (χ1n) is 7.37. The highest BCUT2D eigenvalue weighted by atomic mass is 16.5. The van der Waals surface area contributed by atoms with Gasteiger partial charge in [0, 0.05) is 26.7 Å². The molecule has 0 atom stereocenters. The molecule has 0 aromatic heterocycles. The number of hydrogen-bond donors (Lipinski definition) is 1. The minimum atomic E-state index is 0.709. The number of nitrogens with zero attached hydrogens (tertiary/aromatic N) is 1. The Bertz CT molecular complexity index is 398. The van der Waals surface area contributed by atoms with Crippen LogP contribution in [0.3, 0.4) is 0 Å². The Morgan fingerprint density at radius 3 is 2.63 bits per heavy atom. The van der Waals surface area contributed by atoms with Crippen LogP contribution in [0, 0.1) is 0 Å². The summed E-state index contributed by atoms with van der Waals surface area (Å²) < 4.78 is 5.74. The molecule has 1 saturated carbocycles. The first kappa shape index (κ1) is 14.2. The van der Waals surface area contributed by atoms with Gasteiger partial charge in [-0.05, 0) is 37.5 Å². The third-order valence-corrected chi connectivity index (χ3v) is 3.76. The van der Waals surface area contributed by atoms with Crippen LogP contribution in [0.4, 0.5) is 5.69 Å². The molecular weight excluding hydrogens is 236 g/mol. The summed E-state index contributed by atoms with van der Waals surface area (Å²) in [4.78, 5) is 2.10. The van der Waals surface area contributed by atoms with Crippen molar-refractivity contribution >= 4 is 5.69 Å². The molecule has 1 aromatic carbocycles. The average Bonchev–Trinajstić information content (AvgIpc) is 2.90. The fraction of sp³-hybridized carbons (Fsp3) is 0.625. The molecule has 106 valence electrons. The van der Waals surface area contributed by atoms with E-state index >= 15 is 0 Å². The summed E-state index contributed by atoms with van der Waals surface area (Å²) in [5.41, 5.74) is 2.45. The molecule has 1 aromatic rings. The first-order chi connectivity index (χ1) is 9.20. The summed E-state index contributed by atoms with van der Waals surface area (Å²) in [5.74, 6) is 0.984. The predicted octanol–water partition coefficient (Wildman–Crippen LogP) is 3.18. The van der Waals surface area contributed by atoms with E-state index in [1.165, 1.54) is 31.2 Å². The lowest BCUT2D eigenvalue weighted by atomic mass is 10.1. The summed E-state index contributed by atoms with van der Waals surface area (Å²) in [6, 6.07) is 7.22. The lowest BCUT2D eigenvalue weighted by Crippen LogP contribution is -2.25. The lowest BCUT2D eigenvalue weighted by Gasteiger charge is -2.19. The van der Waals surface area contributed by atoms with E-state index in [0.717, 1.165) is 18.0 Å². The van der Waals surface area contributed by atoms with Crippen LogP contribution in [0.15, 0.2) is 18.2 Å². The molecule has 1 N–H and O–H groups in total. The molecule has 1 aliphatic carbocycles. The van der Waals surface area contributed by atoms with Crippen molar-refractivity contribution in [1.82, 2.24) is 5.32 Å². The Hall–Kier alpha value is -1.22. The second-order valence-electron chi connectivity index (χ2n) is 5.49. The van der Waals surface area contributed by atoms with E-state index in [0.29, 0.717) is 12.6 Å². The van der Waals surface area contributed by atoms with Gasteiger partial charge in [0.15, 0.2) is 0 Å². The number of benzene rings is 1. The maximum atomic E-state index is 5.74. The van der Waals surface area contributed by atoms with Crippen molar-refractivity contribution in [2.24, 2.45) is 0 Å². The standard InChI is InChI=1S/C16H26N2O/c1-4-19-16-11-13(9-10-15(16)18(2)3)12-17-14-7-5-6-8-14/h9-11,14,17H,4-8,12H2,1-3H3. The normalized spacial score (nSPS) is 15.7. The van der Waals surface area contributed by atoms with E-state index in [1.807, 2.05) is 21.0 Å². The van der Waals surface area contributed by atoms with Crippen LogP contribution in [0.2, 0.25) is 0 Å². The van der Waals surface area contributed by atoms with Crippen molar-refractivity contribution in [3.63, 3.8) is 0 Å². The molecule has 3 nitrogen and oxygen atoms in total. The number of anilines is 1. The Kier molecular flexibility index (Phi) is 5.08. The van der Waals surface area contributed by atoms with Crippen molar-refractivity contribution in [2.75, 3.05) is 25.6 Å². The second-order valence-corrected chi connectivity index (χ2v) is 5.49. The van der Waals surface area contributed by atoms with E-state index < -0.39 is 0 Å². The van der Waals surface area contributed by atoms with Gasteiger partial charge in [0.2, 0.25) is 0 Å². The molecule has 0 saturated heterocycles. The van der Waals surface area contributed by atoms with E-state index in [4.69, 9.17) is 4.74 Å². The van der Waals surface area contributed by atoms with Gasteiger partial charge in [-0.3, -0.25) is 0 Å². The molecule has 1 aliphatic rings. The molecule has 0 heterocycles. The Morgan fingerprint density at radius 2 is 2.00 bits per heavy atom. The SMILES string of the molecule is CCOc1cc(CNC2CCCC2)ccc1N(C)C. The molecular formula is C16H26N2O. The molecule has 0 amide bonds. The maximum absolute atomic E-state index is 5.74. The first-order valence-corrected chi connectivity index (χ1v) is 7.37. The average molecular weight is 262 g/mol.